The topological polar surface area (TPSA) is 67.8 Å². The minimum atomic E-state index is -1.08. The lowest BCUT2D eigenvalue weighted by Gasteiger charge is -2.20. The van der Waals surface area contributed by atoms with Crippen LogP contribution in [0.4, 0.5) is 0 Å². The molecule has 0 saturated carbocycles. The lowest BCUT2D eigenvalue weighted by Crippen LogP contribution is -2.37. The summed E-state index contributed by atoms with van der Waals surface area (Å²) < 4.78 is 4.96. The largest absolute Gasteiger partial charge is 0.458 e. The number of nitrogens with zero attached hydrogens (tertiary/aromatic N) is 1. The highest BCUT2D eigenvalue weighted by atomic mass is 16.6. The molecule has 0 fully saturated rings. The summed E-state index contributed by atoms with van der Waals surface area (Å²) in [5, 5.41) is 2.18. The molecule has 13 heavy (non-hydrogen) atoms. The van der Waals surface area contributed by atoms with Crippen LogP contribution in [0.3, 0.4) is 0 Å². The maximum Gasteiger partial charge on any atom is 0.341 e. The van der Waals surface area contributed by atoms with E-state index in [1.165, 1.54) is 0 Å². The Kier molecular flexibility index (Phi) is 2.36. The Morgan fingerprint density at radius 1 is 1.62 bits per heavy atom. The van der Waals surface area contributed by atoms with Crippen molar-refractivity contribution < 1.29 is 14.3 Å². The lowest BCUT2D eigenvalue weighted by molar-refractivity contribution is -0.157. The number of hydrogen-bond acceptors (Lipinski definition) is 4. The summed E-state index contributed by atoms with van der Waals surface area (Å²) in [6.07, 6.45) is 2.21. The molecule has 0 spiro atoms. The zero-order valence-electron chi connectivity index (χ0n) is 7.75. The van der Waals surface area contributed by atoms with Gasteiger partial charge in [-0.25, -0.2) is 9.79 Å². The van der Waals surface area contributed by atoms with Crippen LogP contribution in [0, 0.1) is 0 Å². The van der Waals surface area contributed by atoms with Gasteiger partial charge < -0.3 is 10.1 Å². The maximum atomic E-state index is 11.3. The lowest BCUT2D eigenvalue weighted by atomic mass is 10.2. The summed E-state index contributed by atoms with van der Waals surface area (Å²) in [4.78, 5) is 25.7. The maximum absolute atomic E-state index is 11.3. The zero-order valence-corrected chi connectivity index (χ0v) is 7.75. The third-order valence-corrected chi connectivity index (χ3v) is 1.25. The van der Waals surface area contributed by atoms with Crippen LogP contribution in [-0.2, 0) is 14.3 Å². The van der Waals surface area contributed by atoms with Gasteiger partial charge in [-0.15, -0.1) is 0 Å². The second-order valence-corrected chi connectivity index (χ2v) is 3.67. The Morgan fingerprint density at radius 3 is 2.62 bits per heavy atom. The van der Waals surface area contributed by atoms with Crippen molar-refractivity contribution in [3.05, 3.63) is 0 Å². The monoisotopic (exact) mass is 183 g/mol. The van der Waals surface area contributed by atoms with Crippen LogP contribution >= 0.6 is 0 Å². The third-order valence-electron chi connectivity index (χ3n) is 1.25. The van der Waals surface area contributed by atoms with Gasteiger partial charge in [-0.3, -0.25) is 4.79 Å². The van der Waals surface area contributed by atoms with Gasteiger partial charge >= 0.3 is 5.97 Å². The molecule has 0 saturated heterocycles. The summed E-state index contributed by atoms with van der Waals surface area (Å²) in [5.74, 6) is -1.13. The molecule has 1 unspecified atom stereocenters. The Morgan fingerprint density at radius 2 is 2.23 bits per heavy atom. The number of aliphatic imine (C=N–C) groups is 1. The van der Waals surface area contributed by atoms with Crippen LogP contribution in [0.25, 0.3) is 0 Å². The normalized spacial score (nSPS) is 21.5. The van der Waals surface area contributed by atoms with Crippen molar-refractivity contribution in [2.45, 2.75) is 32.4 Å². The summed E-state index contributed by atoms with van der Waals surface area (Å²) in [5.41, 5.74) is -0.602. The molecule has 0 aromatic rings. The predicted molar refractivity (Wildman–Crippen MR) is 45.2 cm³/mol. The van der Waals surface area contributed by atoms with Gasteiger partial charge in [-0.05, 0) is 20.8 Å². The molecule has 71 valence electrons. The highest BCUT2D eigenvalue weighted by molar-refractivity contribution is 6.09. The number of carbonyl (C=O) groups is 2. The van der Waals surface area contributed by atoms with Gasteiger partial charge in [-0.2, -0.15) is 0 Å². The molecule has 0 aromatic carbocycles. The minimum Gasteiger partial charge on any atom is -0.458 e. The molecule has 0 aromatic heterocycles. The van der Waals surface area contributed by atoms with Gasteiger partial charge in [-0.1, -0.05) is 0 Å². The van der Waals surface area contributed by atoms with Gasteiger partial charge in [0.2, 0.25) is 6.04 Å². The van der Waals surface area contributed by atoms with E-state index < -0.39 is 23.5 Å². The van der Waals surface area contributed by atoms with Gasteiger partial charge in [0.05, 0.1) is 0 Å². The van der Waals surface area contributed by atoms with E-state index in [0.29, 0.717) is 0 Å². The quantitative estimate of drug-likeness (QED) is 0.449. The Hall–Kier alpha value is -1.39. The SMILES string of the molecule is CC(C)(C)OC(=O)C1N=[C]NC1=O. The standard InChI is InChI=1S/C8H11N2O3/c1-8(2,3)13-7(12)5-6(11)10-4-9-5/h5H,1-3H3,(H,9,10,11). The molecule has 0 bridgehead atoms. The summed E-state index contributed by atoms with van der Waals surface area (Å²) in [6.45, 7) is 5.18. The minimum absolute atomic E-state index is 0.491. The fraction of sp³-hybridized carbons (Fsp3) is 0.625. The molecular formula is C8H11N2O3. The number of esters is 1. The smallest absolute Gasteiger partial charge is 0.341 e. The molecule has 1 aliphatic rings. The number of ether oxygens (including phenoxy) is 1. The van der Waals surface area contributed by atoms with Crippen molar-refractivity contribution >= 4 is 18.2 Å². The zero-order chi connectivity index (χ0) is 10.1. The first-order valence-corrected chi connectivity index (χ1v) is 3.88. The van der Waals surface area contributed by atoms with E-state index in [1.807, 2.05) is 0 Å². The third kappa shape index (κ3) is 2.54. The molecule has 1 N–H and O–H groups in total. The first-order chi connectivity index (χ1) is 5.90. The average Bonchev–Trinajstić information content (AvgIpc) is 2.30. The van der Waals surface area contributed by atoms with Gasteiger partial charge in [0, 0.05) is 0 Å². The van der Waals surface area contributed by atoms with Gasteiger partial charge in [0.25, 0.3) is 5.91 Å². The van der Waals surface area contributed by atoms with E-state index in [-0.39, 0.29) is 0 Å². The van der Waals surface area contributed by atoms with Gasteiger partial charge in [0.1, 0.15) is 5.60 Å². The van der Waals surface area contributed by atoms with Crippen LogP contribution in [0.1, 0.15) is 20.8 Å². The van der Waals surface area contributed by atoms with E-state index in [4.69, 9.17) is 4.74 Å². The first-order valence-electron chi connectivity index (χ1n) is 3.88. The van der Waals surface area contributed by atoms with E-state index in [1.54, 1.807) is 20.8 Å². The van der Waals surface area contributed by atoms with Crippen molar-refractivity contribution in [3.8, 4) is 0 Å². The Bertz CT molecular complexity index is 265. The van der Waals surface area contributed by atoms with E-state index in [0.717, 1.165) is 0 Å². The number of carbonyl (C=O) groups excluding carboxylic acids is 2. The molecule has 1 atom stereocenters. The Labute approximate surface area is 76.2 Å². The highest BCUT2D eigenvalue weighted by Gasteiger charge is 2.33. The van der Waals surface area contributed by atoms with Crippen LogP contribution in [0.5, 0.6) is 0 Å². The fourth-order valence-corrected chi connectivity index (χ4v) is 0.796. The molecule has 1 radical (unpaired) electrons. The van der Waals surface area contributed by atoms with Crippen molar-refractivity contribution in [2.24, 2.45) is 4.99 Å². The molecule has 5 heteroatoms. The molecule has 1 rings (SSSR count). The molecule has 5 nitrogen and oxygen atoms in total. The molecule has 0 aliphatic carbocycles. The number of amides is 1. The average molecular weight is 183 g/mol. The second kappa shape index (κ2) is 3.16. The number of hydrogen-bond donors (Lipinski definition) is 1. The number of rotatable bonds is 1. The summed E-state index contributed by atoms with van der Waals surface area (Å²) >= 11 is 0. The Balaban J connectivity index is 2.58. The van der Waals surface area contributed by atoms with Crippen LogP contribution in [0.2, 0.25) is 0 Å². The van der Waals surface area contributed by atoms with Gasteiger partial charge in [0.15, 0.2) is 6.34 Å². The molecule has 1 heterocycles. The van der Waals surface area contributed by atoms with Crippen molar-refractivity contribution in [3.63, 3.8) is 0 Å². The van der Waals surface area contributed by atoms with Crippen molar-refractivity contribution in [1.82, 2.24) is 5.32 Å². The summed E-state index contributed by atoms with van der Waals surface area (Å²) in [7, 11) is 0. The fourth-order valence-electron chi connectivity index (χ4n) is 0.796. The van der Waals surface area contributed by atoms with Crippen LogP contribution in [-0.4, -0.2) is 29.9 Å². The molecule has 1 amide bonds. The highest BCUT2D eigenvalue weighted by Crippen LogP contribution is 2.10. The van der Waals surface area contributed by atoms with Crippen LogP contribution in [0.15, 0.2) is 4.99 Å². The molecule has 1 aliphatic heterocycles. The molecular weight excluding hydrogens is 172 g/mol. The number of nitrogens with one attached hydrogen (secondary N) is 1. The van der Waals surface area contributed by atoms with Crippen molar-refractivity contribution in [1.29, 1.82) is 0 Å². The first kappa shape index (κ1) is 9.70. The van der Waals surface area contributed by atoms with E-state index >= 15 is 0 Å². The van der Waals surface area contributed by atoms with Crippen molar-refractivity contribution in [2.75, 3.05) is 0 Å². The predicted octanol–water partition coefficient (Wildman–Crippen LogP) is -0.268. The van der Waals surface area contributed by atoms with Crippen LogP contribution < -0.4 is 5.32 Å². The summed E-state index contributed by atoms with van der Waals surface area (Å²) in [6, 6.07) is -1.08. The van der Waals surface area contributed by atoms with E-state index in [9.17, 15) is 9.59 Å². The second-order valence-electron chi connectivity index (χ2n) is 3.67. The van der Waals surface area contributed by atoms with E-state index in [2.05, 4.69) is 16.6 Å².